The molecule has 0 aliphatic carbocycles. The third-order valence-corrected chi connectivity index (χ3v) is 5.90. The zero-order valence-corrected chi connectivity index (χ0v) is 14.4. The smallest absolute Gasteiger partial charge is 0.228 e. The predicted molar refractivity (Wildman–Crippen MR) is 94.3 cm³/mol. The van der Waals surface area contributed by atoms with Crippen LogP contribution in [0.3, 0.4) is 0 Å². The molecule has 0 bridgehead atoms. The molecule has 2 aliphatic rings. The molecule has 3 nitrogen and oxygen atoms in total. The number of hydrogen-bond acceptors (Lipinski definition) is 2. The molecular formula is C20H30N2O. The van der Waals surface area contributed by atoms with Crippen LogP contribution >= 0.6 is 0 Å². The van der Waals surface area contributed by atoms with Gasteiger partial charge in [0.25, 0.3) is 0 Å². The van der Waals surface area contributed by atoms with E-state index >= 15 is 0 Å². The Morgan fingerprint density at radius 1 is 1.17 bits per heavy atom. The minimum absolute atomic E-state index is 0.144. The molecule has 2 fully saturated rings. The van der Waals surface area contributed by atoms with Crippen molar-refractivity contribution in [2.45, 2.75) is 45.4 Å². The zero-order valence-electron chi connectivity index (χ0n) is 14.4. The molecule has 2 heterocycles. The Labute approximate surface area is 140 Å². The highest BCUT2D eigenvalue weighted by atomic mass is 16.2. The van der Waals surface area contributed by atoms with Gasteiger partial charge < -0.3 is 10.2 Å². The number of carbonyl (C=O) groups excluding carboxylic acids is 1. The van der Waals surface area contributed by atoms with Crippen molar-refractivity contribution < 1.29 is 4.79 Å². The minimum Gasteiger partial charge on any atom is -0.342 e. The van der Waals surface area contributed by atoms with E-state index < -0.39 is 0 Å². The van der Waals surface area contributed by atoms with Gasteiger partial charge in [0.05, 0.1) is 0 Å². The number of nitrogens with zero attached hydrogens (tertiary/aromatic N) is 1. The van der Waals surface area contributed by atoms with E-state index in [9.17, 15) is 4.79 Å². The highest BCUT2D eigenvalue weighted by molar-refractivity contribution is 5.83. The van der Waals surface area contributed by atoms with E-state index in [-0.39, 0.29) is 5.41 Å². The SMILES string of the molecule is CC1(C2CCNCC2)CCCCN(CCc2ccccc2)C1=O. The van der Waals surface area contributed by atoms with Crippen molar-refractivity contribution in [1.29, 1.82) is 0 Å². The van der Waals surface area contributed by atoms with Gasteiger partial charge in [-0.25, -0.2) is 0 Å². The molecule has 2 aliphatic heterocycles. The molecule has 0 saturated carbocycles. The molecule has 1 aromatic rings. The standard InChI is InChI=1S/C20H30N2O/c1-20(18-9-13-21-14-10-18)12-5-6-15-22(19(20)23)16-11-17-7-3-2-4-8-17/h2-4,7-8,18,21H,5-6,9-16H2,1H3. The first-order valence-corrected chi connectivity index (χ1v) is 9.24. The Morgan fingerprint density at radius 2 is 1.91 bits per heavy atom. The van der Waals surface area contributed by atoms with Crippen LogP contribution in [0, 0.1) is 11.3 Å². The number of amides is 1. The normalized spacial score (nSPS) is 27.0. The van der Waals surface area contributed by atoms with Crippen LogP contribution in [0.25, 0.3) is 0 Å². The second-order valence-corrected chi connectivity index (χ2v) is 7.43. The average molecular weight is 314 g/mol. The topological polar surface area (TPSA) is 32.3 Å². The quantitative estimate of drug-likeness (QED) is 0.925. The second kappa shape index (κ2) is 7.48. The Bertz CT molecular complexity index is 510. The number of benzene rings is 1. The number of likely N-dealkylation sites (tertiary alicyclic amines) is 1. The molecule has 1 amide bonds. The number of nitrogens with one attached hydrogen (secondary N) is 1. The minimum atomic E-state index is -0.144. The molecule has 1 unspecified atom stereocenters. The number of rotatable bonds is 4. The zero-order chi connectivity index (χ0) is 16.1. The third-order valence-electron chi connectivity index (χ3n) is 5.90. The van der Waals surface area contributed by atoms with Gasteiger partial charge in [-0.3, -0.25) is 4.79 Å². The Balaban J connectivity index is 1.68. The predicted octanol–water partition coefficient (Wildman–Crippen LogP) is 3.25. The molecule has 0 radical (unpaired) electrons. The fraction of sp³-hybridized carbons (Fsp3) is 0.650. The van der Waals surface area contributed by atoms with Crippen LogP contribution in [-0.2, 0) is 11.2 Å². The van der Waals surface area contributed by atoms with Crippen LogP contribution in [0.15, 0.2) is 30.3 Å². The maximum Gasteiger partial charge on any atom is 0.228 e. The van der Waals surface area contributed by atoms with Crippen molar-refractivity contribution in [3.05, 3.63) is 35.9 Å². The van der Waals surface area contributed by atoms with E-state index in [0.717, 1.165) is 58.3 Å². The van der Waals surface area contributed by atoms with Crippen molar-refractivity contribution in [2.75, 3.05) is 26.2 Å². The van der Waals surface area contributed by atoms with E-state index in [0.29, 0.717) is 11.8 Å². The lowest BCUT2D eigenvalue weighted by molar-refractivity contribution is -0.144. The van der Waals surface area contributed by atoms with Gasteiger partial charge in [-0.1, -0.05) is 43.7 Å². The molecular weight excluding hydrogens is 284 g/mol. The van der Waals surface area contributed by atoms with Gasteiger partial charge in [0.15, 0.2) is 0 Å². The summed E-state index contributed by atoms with van der Waals surface area (Å²) in [4.78, 5) is 15.4. The summed E-state index contributed by atoms with van der Waals surface area (Å²) in [7, 11) is 0. The largest absolute Gasteiger partial charge is 0.342 e. The molecule has 0 aromatic heterocycles. The summed E-state index contributed by atoms with van der Waals surface area (Å²) in [5, 5.41) is 3.43. The summed E-state index contributed by atoms with van der Waals surface area (Å²) in [6.45, 7) is 6.18. The third kappa shape index (κ3) is 3.77. The fourth-order valence-electron chi connectivity index (χ4n) is 4.32. The molecule has 3 rings (SSSR count). The van der Waals surface area contributed by atoms with E-state index in [2.05, 4.69) is 47.5 Å². The van der Waals surface area contributed by atoms with Crippen molar-refractivity contribution in [2.24, 2.45) is 11.3 Å². The first-order valence-electron chi connectivity index (χ1n) is 9.24. The molecule has 126 valence electrons. The highest BCUT2D eigenvalue weighted by Crippen LogP contribution is 2.41. The van der Waals surface area contributed by atoms with Gasteiger partial charge in [-0.2, -0.15) is 0 Å². The van der Waals surface area contributed by atoms with Crippen LogP contribution in [0.4, 0.5) is 0 Å². The fourth-order valence-corrected chi connectivity index (χ4v) is 4.32. The molecule has 23 heavy (non-hydrogen) atoms. The highest BCUT2D eigenvalue weighted by Gasteiger charge is 2.44. The maximum absolute atomic E-state index is 13.3. The van der Waals surface area contributed by atoms with E-state index in [4.69, 9.17) is 0 Å². The molecule has 3 heteroatoms. The lowest BCUT2D eigenvalue weighted by atomic mass is 9.69. The van der Waals surface area contributed by atoms with Gasteiger partial charge in [0.2, 0.25) is 5.91 Å². The Hall–Kier alpha value is -1.35. The van der Waals surface area contributed by atoms with Crippen molar-refractivity contribution >= 4 is 5.91 Å². The van der Waals surface area contributed by atoms with Crippen molar-refractivity contribution in [3.8, 4) is 0 Å². The number of piperidine rings is 1. The van der Waals surface area contributed by atoms with Crippen LogP contribution in [0.2, 0.25) is 0 Å². The number of hydrogen-bond donors (Lipinski definition) is 1. The van der Waals surface area contributed by atoms with Gasteiger partial charge >= 0.3 is 0 Å². The van der Waals surface area contributed by atoms with Gasteiger partial charge in [0, 0.05) is 18.5 Å². The van der Waals surface area contributed by atoms with E-state index in [1.807, 2.05) is 0 Å². The summed E-state index contributed by atoms with van der Waals surface area (Å²) < 4.78 is 0. The number of carbonyl (C=O) groups is 1. The summed E-state index contributed by atoms with van der Waals surface area (Å²) in [6, 6.07) is 10.5. The molecule has 1 aromatic carbocycles. The first kappa shape index (κ1) is 16.5. The van der Waals surface area contributed by atoms with Crippen molar-refractivity contribution in [3.63, 3.8) is 0 Å². The van der Waals surface area contributed by atoms with Crippen molar-refractivity contribution in [1.82, 2.24) is 10.2 Å². The Morgan fingerprint density at radius 3 is 2.65 bits per heavy atom. The Kier molecular flexibility index (Phi) is 5.37. The average Bonchev–Trinajstić information content (AvgIpc) is 2.75. The summed E-state index contributed by atoms with van der Waals surface area (Å²) >= 11 is 0. The molecule has 0 spiro atoms. The van der Waals surface area contributed by atoms with Crippen LogP contribution in [0.5, 0.6) is 0 Å². The van der Waals surface area contributed by atoms with Crippen LogP contribution in [0.1, 0.15) is 44.6 Å². The van der Waals surface area contributed by atoms with Gasteiger partial charge in [-0.15, -0.1) is 0 Å². The molecule has 2 saturated heterocycles. The van der Waals surface area contributed by atoms with Crippen LogP contribution in [-0.4, -0.2) is 37.0 Å². The lowest BCUT2D eigenvalue weighted by Crippen LogP contribution is -2.48. The van der Waals surface area contributed by atoms with Gasteiger partial charge in [0.1, 0.15) is 0 Å². The van der Waals surface area contributed by atoms with E-state index in [1.54, 1.807) is 0 Å². The summed E-state index contributed by atoms with van der Waals surface area (Å²) in [5.41, 5.74) is 1.18. The summed E-state index contributed by atoms with van der Waals surface area (Å²) in [6.07, 6.45) is 6.67. The lowest BCUT2D eigenvalue weighted by Gasteiger charge is -2.40. The second-order valence-electron chi connectivity index (χ2n) is 7.43. The van der Waals surface area contributed by atoms with Gasteiger partial charge in [-0.05, 0) is 56.7 Å². The van der Waals surface area contributed by atoms with Crippen LogP contribution < -0.4 is 5.32 Å². The molecule has 1 atom stereocenters. The summed E-state index contributed by atoms with van der Waals surface area (Å²) in [5.74, 6) is 0.964. The molecule has 1 N–H and O–H groups in total. The first-order chi connectivity index (χ1) is 11.2. The maximum atomic E-state index is 13.3. The van der Waals surface area contributed by atoms with E-state index in [1.165, 1.54) is 12.0 Å². The monoisotopic (exact) mass is 314 g/mol.